The molecular weight excluding hydrogens is 272 g/mol. The van der Waals surface area contributed by atoms with Gasteiger partial charge in [-0.05, 0) is 42.5 Å². The number of rotatable bonds is 3. The predicted octanol–water partition coefficient (Wildman–Crippen LogP) is 3.11. The Hall–Kier alpha value is -1.87. The maximum atomic E-state index is 12.7. The van der Waals surface area contributed by atoms with Gasteiger partial charge in [-0.2, -0.15) is 0 Å². The fourth-order valence-electron chi connectivity index (χ4n) is 3.44. The zero-order chi connectivity index (χ0) is 15.5. The zero-order valence-electron chi connectivity index (χ0n) is 13.2. The van der Waals surface area contributed by atoms with Crippen molar-refractivity contribution >= 4 is 16.7 Å². The van der Waals surface area contributed by atoms with Crippen molar-refractivity contribution < 1.29 is 4.79 Å². The first-order valence-electron chi connectivity index (χ1n) is 8.18. The molecule has 3 heteroatoms. The highest BCUT2D eigenvalue weighted by Gasteiger charge is 2.28. The Morgan fingerprint density at radius 2 is 2.00 bits per heavy atom. The summed E-state index contributed by atoms with van der Waals surface area (Å²) in [4.78, 5) is 14.7. The number of nitrogens with zero attached hydrogens (tertiary/aromatic N) is 1. The van der Waals surface area contributed by atoms with Crippen LogP contribution >= 0.6 is 0 Å². The molecule has 22 heavy (non-hydrogen) atoms. The molecule has 2 atom stereocenters. The van der Waals surface area contributed by atoms with E-state index in [0.717, 1.165) is 24.9 Å². The molecule has 0 bridgehead atoms. The third-order valence-electron chi connectivity index (χ3n) is 4.65. The van der Waals surface area contributed by atoms with E-state index in [0.29, 0.717) is 6.42 Å². The van der Waals surface area contributed by atoms with E-state index >= 15 is 0 Å². The number of likely N-dealkylation sites (tertiary alicyclic amines) is 1. The highest BCUT2D eigenvalue weighted by molar-refractivity contribution is 5.85. The molecule has 1 heterocycles. The van der Waals surface area contributed by atoms with Gasteiger partial charge in [0.15, 0.2) is 0 Å². The van der Waals surface area contributed by atoms with E-state index in [1.54, 1.807) is 0 Å². The maximum Gasteiger partial charge on any atom is 0.227 e. The lowest BCUT2D eigenvalue weighted by atomic mass is 9.96. The highest BCUT2D eigenvalue weighted by Crippen LogP contribution is 2.21. The fraction of sp³-hybridized carbons (Fsp3) is 0.421. The molecule has 2 aromatic carbocycles. The first-order chi connectivity index (χ1) is 10.6. The average Bonchev–Trinajstić information content (AvgIpc) is 2.54. The van der Waals surface area contributed by atoms with Crippen LogP contribution in [0.15, 0.2) is 42.5 Å². The number of hydrogen-bond acceptors (Lipinski definition) is 2. The molecule has 3 nitrogen and oxygen atoms in total. The molecular formula is C19H24N2O. The highest BCUT2D eigenvalue weighted by atomic mass is 16.2. The van der Waals surface area contributed by atoms with Crippen molar-refractivity contribution in [2.75, 3.05) is 6.54 Å². The molecule has 0 radical (unpaired) electrons. The summed E-state index contributed by atoms with van der Waals surface area (Å²) in [7, 11) is 0. The molecule has 1 saturated heterocycles. The van der Waals surface area contributed by atoms with Gasteiger partial charge < -0.3 is 10.6 Å². The van der Waals surface area contributed by atoms with Gasteiger partial charge in [0.2, 0.25) is 5.91 Å². The van der Waals surface area contributed by atoms with Crippen molar-refractivity contribution in [1.29, 1.82) is 0 Å². The molecule has 116 valence electrons. The molecule has 2 N–H and O–H groups in total. The number of amides is 1. The van der Waals surface area contributed by atoms with Crippen molar-refractivity contribution in [3.05, 3.63) is 48.0 Å². The number of fused-ring (bicyclic) bond motifs is 1. The van der Waals surface area contributed by atoms with Crippen LogP contribution in [0.2, 0.25) is 0 Å². The third kappa shape index (κ3) is 3.14. The largest absolute Gasteiger partial charge is 0.338 e. The molecule has 1 fully saturated rings. The van der Waals surface area contributed by atoms with Crippen LogP contribution in [0.3, 0.4) is 0 Å². The van der Waals surface area contributed by atoms with Crippen LogP contribution in [-0.4, -0.2) is 29.4 Å². The van der Waals surface area contributed by atoms with Gasteiger partial charge >= 0.3 is 0 Å². The Morgan fingerprint density at radius 1 is 1.23 bits per heavy atom. The van der Waals surface area contributed by atoms with Gasteiger partial charge in [0.05, 0.1) is 6.42 Å². The Kier molecular flexibility index (Phi) is 4.44. The summed E-state index contributed by atoms with van der Waals surface area (Å²) in [5, 5.41) is 2.40. The van der Waals surface area contributed by atoms with E-state index in [2.05, 4.69) is 30.3 Å². The standard InChI is InChI=1S/C19H24N2O/c1-14(20)18-8-4-5-11-21(18)19(22)13-15-9-10-16-6-2-3-7-17(16)12-15/h2-3,6-7,9-10,12,14,18H,4-5,8,11,13,20H2,1H3. The molecule has 2 aromatic rings. The van der Waals surface area contributed by atoms with Gasteiger partial charge in [0.1, 0.15) is 0 Å². The summed E-state index contributed by atoms with van der Waals surface area (Å²) in [6.07, 6.45) is 3.76. The SMILES string of the molecule is CC(N)C1CCCCN1C(=O)Cc1ccc2ccccc2c1. The third-order valence-corrected chi connectivity index (χ3v) is 4.65. The van der Waals surface area contributed by atoms with E-state index in [1.165, 1.54) is 17.2 Å². The molecule has 0 aromatic heterocycles. The maximum absolute atomic E-state index is 12.7. The number of nitrogens with two attached hydrogens (primary N) is 1. The Morgan fingerprint density at radius 3 is 2.77 bits per heavy atom. The van der Waals surface area contributed by atoms with Crippen LogP contribution in [0.25, 0.3) is 10.8 Å². The molecule has 1 amide bonds. The van der Waals surface area contributed by atoms with Crippen LogP contribution in [0.4, 0.5) is 0 Å². The molecule has 0 aliphatic carbocycles. The fourth-order valence-corrected chi connectivity index (χ4v) is 3.44. The molecule has 0 spiro atoms. The van der Waals surface area contributed by atoms with Crippen LogP contribution in [-0.2, 0) is 11.2 Å². The second-order valence-corrected chi connectivity index (χ2v) is 6.37. The van der Waals surface area contributed by atoms with Gasteiger partial charge in [0, 0.05) is 18.6 Å². The minimum Gasteiger partial charge on any atom is -0.338 e. The summed E-state index contributed by atoms with van der Waals surface area (Å²) < 4.78 is 0. The lowest BCUT2D eigenvalue weighted by Gasteiger charge is -2.38. The Balaban J connectivity index is 1.76. The first kappa shape index (κ1) is 15.0. The van der Waals surface area contributed by atoms with Crippen LogP contribution in [0.1, 0.15) is 31.7 Å². The van der Waals surface area contributed by atoms with Gasteiger partial charge in [0.25, 0.3) is 0 Å². The predicted molar refractivity (Wildman–Crippen MR) is 90.7 cm³/mol. The van der Waals surface area contributed by atoms with Gasteiger partial charge in [-0.1, -0.05) is 42.5 Å². The zero-order valence-corrected chi connectivity index (χ0v) is 13.2. The summed E-state index contributed by atoms with van der Waals surface area (Å²) >= 11 is 0. The van der Waals surface area contributed by atoms with E-state index in [1.807, 2.05) is 24.0 Å². The number of benzene rings is 2. The topological polar surface area (TPSA) is 46.3 Å². The average molecular weight is 296 g/mol. The van der Waals surface area contributed by atoms with Crippen molar-refractivity contribution in [2.45, 2.75) is 44.7 Å². The van der Waals surface area contributed by atoms with E-state index in [9.17, 15) is 4.79 Å². The number of carbonyl (C=O) groups excluding carboxylic acids is 1. The quantitative estimate of drug-likeness (QED) is 0.946. The number of piperidine rings is 1. The number of carbonyl (C=O) groups is 1. The monoisotopic (exact) mass is 296 g/mol. The summed E-state index contributed by atoms with van der Waals surface area (Å²) in [5.41, 5.74) is 7.15. The van der Waals surface area contributed by atoms with Crippen molar-refractivity contribution in [3.63, 3.8) is 0 Å². The first-order valence-corrected chi connectivity index (χ1v) is 8.18. The van der Waals surface area contributed by atoms with Crippen molar-refractivity contribution in [1.82, 2.24) is 4.90 Å². The Labute approximate surface area is 132 Å². The van der Waals surface area contributed by atoms with Gasteiger partial charge in [-0.25, -0.2) is 0 Å². The summed E-state index contributed by atoms with van der Waals surface area (Å²) in [6, 6.07) is 14.8. The second kappa shape index (κ2) is 6.49. The van der Waals surface area contributed by atoms with Gasteiger partial charge in [-0.15, -0.1) is 0 Å². The van der Waals surface area contributed by atoms with Gasteiger partial charge in [-0.3, -0.25) is 4.79 Å². The molecule has 3 rings (SSSR count). The molecule has 2 unspecified atom stereocenters. The lowest BCUT2D eigenvalue weighted by molar-refractivity contribution is -0.134. The van der Waals surface area contributed by atoms with Crippen LogP contribution < -0.4 is 5.73 Å². The summed E-state index contributed by atoms with van der Waals surface area (Å²) in [5.74, 6) is 0.206. The second-order valence-electron chi connectivity index (χ2n) is 6.37. The minimum absolute atomic E-state index is 0.0425. The van der Waals surface area contributed by atoms with Crippen molar-refractivity contribution in [3.8, 4) is 0 Å². The lowest BCUT2D eigenvalue weighted by Crippen LogP contribution is -2.52. The Bertz CT molecular complexity index is 665. The van der Waals surface area contributed by atoms with Crippen LogP contribution in [0.5, 0.6) is 0 Å². The van der Waals surface area contributed by atoms with E-state index in [-0.39, 0.29) is 18.0 Å². The molecule has 1 aliphatic rings. The molecule has 0 saturated carbocycles. The van der Waals surface area contributed by atoms with E-state index in [4.69, 9.17) is 5.73 Å². The normalized spacial score (nSPS) is 20.1. The van der Waals surface area contributed by atoms with Crippen LogP contribution in [0, 0.1) is 0 Å². The van der Waals surface area contributed by atoms with E-state index < -0.39 is 0 Å². The number of hydrogen-bond donors (Lipinski definition) is 1. The summed E-state index contributed by atoms with van der Waals surface area (Å²) in [6.45, 7) is 2.85. The minimum atomic E-state index is 0.0425. The smallest absolute Gasteiger partial charge is 0.227 e. The molecule has 1 aliphatic heterocycles. The van der Waals surface area contributed by atoms with Crippen molar-refractivity contribution in [2.24, 2.45) is 5.73 Å².